The van der Waals surface area contributed by atoms with Crippen LogP contribution in [0.3, 0.4) is 0 Å². The number of fused-ring (bicyclic) bond motifs is 3. The zero-order valence-electron chi connectivity index (χ0n) is 14.3. The minimum atomic E-state index is -0.515. The van der Waals surface area contributed by atoms with Crippen molar-refractivity contribution >= 4 is 17.7 Å². The van der Waals surface area contributed by atoms with Crippen LogP contribution in [0.1, 0.15) is 30.5 Å². The highest BCUT2D eigenvalue weighted by Crippen LogP contribution is 2.52. The average molecular weight is 318 g/mol. The van der Waals surface area contributed by atoms with E-state index in [9.17, 15) is 4.79 Å². The van der Waals surface area contributed by atoms with Crippen LogP contribution in [0, 0.1) is 6.92 Å². The Bertz CT molecular complexity index is 835. The average Bonchev–Trinajstić information content (AvgIpc) is 2.99. The number of benzene rings is 2. The zero-order valence-corrected chi connectivity index (χ0v) is 14.3. The van der Waals surface area contributed by atoms with E-state index in [0.717, 1.165) is 11.3 Å². The van der Waals surface area contributed by atoms with Gasteiger partial charge < -0.3 is 10.2 Å². The highest BCUT2D eigenvalue weighted by Gasteiger charge is 2.59. The topological polar surface area (TPSA) is 32.3 Å². The minimum Gasteiger partial charge on any atom is -0.335 e. The van der Waals surface area contributed by atoms with Crippen LogP contribution in [0.15, 0.2) is 54.6 Å². The van der Waals surface area contributed by atoms with Crippen molar-refractivity contribution in [3.8, 4) is 0 Å². The number of para-hydroxylation sites is 1. The molecule has 1 saturated heterocycles. The number of amides is 1. The van der Waals surface area contributed by atoms with Crippen LogP contribution < -0.4 is 10.2 Å². The summed E-state index contributed by atoms with van der Waals surface area (Å²) in [6.45, 7) is 6.90. The van der Waals surface area contributed by atoms with E-state index in [-0.39, 0.29) is 11.3 Å². The Morgan fingerprint density at radius 3 is 2.54 bits per heavy atom. The molecule has 1 fully saturated rings. The van der Waals surface area contributed by atoms with Gasteiger partial charge in [-0.3, -0.25) is 4.79 Å². The molecule has 3 heteroatoms. The first-order chi connectivity index (χ1) is 11.4. The fraction of sp³-hybridized carbons (Fsp3) is 0.286. The number of carbonyl (C=O) groups excluding carboxylic acids is 1. The Labute approximate surface area is 143 Å². The fourth-order valence-corrected chi connectivity index (χ4v) is 4.03. The molecule has 1 N–H and O–H groups in total. The Kier molecular flexibility index (Phi) is 3.11. The Morgan fingerprint density at radius 1 is 1.08 bits per heavy atom. The van der Waals surface area contributed by atoms with E-state index in [1.807, 2.05) is 6.07 Å². The monoisotopic (exact) mass is 318 g/mol. The van der Waals surface area contributed by atoms with Crippen molar-refractivity contribution in [1.29, 1.82) is 0 Å². The van der Waals surface area contributed by atoms with E-state index in [2.05, 4.69) is 85.6 Å². The molecule has 0 saturated carbocycles. The van der Waals surface area contributed by atoms with Crippen molar-refractivity contribution in [2.75, 3.05) is 11.4 Å². The molecule has 1 atom stereocenters. The molecule has 0 radical (unpaired) electrons. The lowest BCUT2D eigenvalue weighted by molar-refractivity contribution is -0.118. The SMILES string of the molecule is Cc1ccc(C=CC23NC(=O)CN2c2ccccc2C3(C)C)cc1. The molecular weight excluding hydrogens is 296 g/mol. The molecular formula is C21H22N2O. The normalized spacial score (nSPS) is 24.1. The van der Waals surface area contributed by atoms with Crippen molar-refractivity contribution in [3.05, 3.63) is 71.3 Å². The summed E-state index contributed by atoms with van der Waals surface area (Å²) in [6, 6.07) is 16.8. The first kappa shape index (κ1) is 15.0. The third kappa shape index (κ3) is 1.94. The van der Waals surface area contributed by atoms with E-state index < -0.39 is 5.66 Å². The molecule has 4 rings (SSSR count). The van der Waals surface area contributed by atoms with Crippen molar-refractivity contribution in [2.24, 2.45) is 0 Å². The Hall–Kier alpha value is -2.55. The Balaban J connectivity index is 1.82. The van der Waals surface area contributed by atoms with Crippen LogP contribution in [0.2, 0.25) is 0 Å². The summed E-state index contributed by atoms with van der Waals surface area (Å²) >= 11 is 0. The van der Waals surface area contributed by atoms with E-state index in [1.165, 1.54) is 11.1 Å². The van der Waals surface area contributed by atoms with Crippen LogP contribution in [-0.2, 0) is 10.2 Å². The van der Waals surface area contributed by atoms with E-state index in [4.69, 9.17) is 0 Å². The predicted octanol–water partition coefficient (Wildman–Crippen LogP) is 3.63. The van der Waals surface area contributed by atoms with Gasteiger partial charge in [0, 0.05) is 11.1 Å². The molecule has 0 bridgehead atoms. The predicted molar refractivity (Wildman–Crippen MR) is 97.9 cm³/mol. The van der Waals surface area contributed by atoms with Gasteiger partial charge in [0.15, 0.2) is 0 Å². The van der Waals surface area contributed by atoms with Crippen LogP contribution in [0.4, 0.5) is 5.69 Å². The van der Waals surface area contributed by atoms with E-state index >= 15 is 0 Å². The second kappa shape index (κ2) is 4.97. The highest BCUT2D eigenvalue weighted by molar-refractivity contribution is 5.91. The number of nitrogens with zero attached hydrogens (tertiary/aromatic N) is 1. The second-order valence-corrected chi connectivity index (χ2v) is 7.29. The number of hydrogen-bond donors (Lipinski definition) is 1. The lowest BCUT2D eigenvalue weighted by atomic mass is 9.75. The van der Waals surface area contributed by atoms with Gasteiger partial charge in [-0.25, -0.2) is 0 Å². The molecule has 2 heterocycles. The molecule has 1 unspecified atom stereocenters. The number of aryl methyl sites for hydroxylation is 1. The van der Waals surface area contributed by atoms with E-state index in [0.29, 0.717) is 6.54 Å². The summed E-state index contributed by atoms with van der Waals surface area (Å²) in [6.07, 6.45) is 4.27. The van der Waals surface area contributed by atoms with Gasteiger partial charge >= 0.3 is 0 Å². The third-order valence-corrected chi connectivity index (χ3v) is 5.47. The molecule has 24 heavy (non-hydrogen) atoms. The summed E-state index contributed by atoms with van der Waals surface area (Å²) < 4.78 is 0. The number of carbonyl (C=O) groups is 1. The largest absolute Gasteiger partial charge is 0.335 e. The van der Waals surface area contributed by atoms with Gasteiger partial charge in [0.05, 0.1) is 6.54 Å². The summed E-state index contributed by atoms with van der Waals surface area (Å²) in [5.41, 5.74) is 4.08. The van der Waals surface area contributed by atoms with Gasteiger partial charge in [-0.1, -0.05) is 68.0 Å². The maximum absolute atomic E-state index is 12.2. The summed E-state index contributed by atoms with van der Waals surface area (Å²) in [4.78, 5) is 14.4. The number of anilines is 1. The van der Waals surface area contributed by atoms with Crippen molar-refractivity contribution in [2.45, 2.75) is 31.8 Å². The number of nitrogens with one attached hydrogen (secondary N) is 1. The minimum absolute atomic E-state index is 0.0751. The first-order valence-electron chi connectivity index (χ1n) is 8.38. The number of rotatable bonds is 2. The molecule has 2 aromatic rings. The van der Waals surface area contributed by atoms with Crippen molar-refractivity contribution < 1.29 is 4.79 Å². The highest BCUT2D eigenvalue weighted by atomic mass is 16.2. The van der Waals surface area contributed by atoms with Gasteiger partial charge in [0.1, 0.15) is 5.66 Å². The molecule has 2 aromatic carbocycles. The van der Waals surface area contributed by atoms with E-state index in [1.54, 1.807) is 0 Å². The quantitative estimate of drug-likeness (QED) is 0.917. The van der Waals surface area contributed by atoms with Gasteiger partial charge in [0.2, 0.25) is 5.91 Å². The van der Waals surface area contributed by atoms with Gasteiger partial charge in [-0.15, -0.1) is 0 Å². The summed E-state index contributed by atoms with van der Waals surface area (Å²) in [5, 5.41) is 3.25. The molecule has 0 aliphatic carbocycles. The van der Waals surface area contributed by atoms with Crippen molar-refractivity contribution in [3.63, 3.8) is 0 Å². The molecule has 2 aliphatic heterocycles. The van der Waals surface area contributed by atoms with Crippen LogP contribution >= 0.6 is 0 Å². The molecule has 1 amide bonds. The molecule has 122 valence electrons. The van der Waals surface area contributed by atoms with Crippen LogP contribution in [0.5, 0.6) is 0 Å². The third-order valence-electron chi connectivity index (χ3n) is 5.47. The van der Waals surface area contributed by atoms with Gasteiger partial charge in [0.25, 0.3) is 0 Å². The molecule has 3 nitrogen and oxygen atoms in total. The van der Waals surface area contributed by atoms with Crippen LogP contribution in [-0.4, -0.2) is 18.1 Å². The zero-order chi connectivity index (χ0) is 16.9. The first-order valence-corrected chi connectivity index (χ1v) is 8.38. The molecule has 0 spiro atoms. The maximum atomic E-state index is 12.2. The lowest BCUT2D eigenvalue weighted by Gasteiger charge is -2.40. The smallest absolute Gasteiger partial charge is 0.241 e. The lowest BCUT2D eigenvalue weighted by Crippen LogP contribution is -2.58. The molecule has 0 aromatic heterocycles. The standard InChI is InChI=1S/C21H22N2O/c1-15-8-10-16(11-9-15)12-13-21-20(2,3)17-6-4-5-7-18(17)23(21)14-19(24)22-21/h4-13H,14H2,1-3H3,(H,22,24). The maximum Gasteiger partial charge on any atom is 0.241 e. The van der Waals surface area contributed by atoms with Gasteiger partial charge in [-0.2, -0.15) is 0 Å². The Morgan fingerprint density at radius 2 is 1.79 bits per heavy atom. The second-order valence-electron chi connectivity index (χ2n) is 7.29. The van der Waals surface area contributed by atoms with Crippen molar-refractivity contribution in [1.82, 2.24) is 5.32 Å². The fourth-order valence-electron chi connectivity index (χ4n) is 4.03. The summed E-state index contributed by atoms with van der Waals surface area (Å²) in [5.74, 6) is 0.0751. The van der Waals surface area contributed by atoms with Crippen LogP contribution in [0.25, 0.3) is 6.08 Å². The molecule has 2 aliphatic rings. The summed E-state index contributed by atoms with van der Waals surface area (Å²) in [7, 11) is 0. The number of hydrogen-bond acceptors (Lipinski definition) is 2. The van der Waals surface area contributed by atoms with Gasteiger partial charge in [-0.05, 0) is 30.2 Å².